The van der Waals surface area contributed by atoms with E-state index >= 15 is 0 Å². The van der Waals surface area contributed by atoms with Crippen molar-refractivity contribution >= 4 is 23.3 Å². The Labute approximate surface area is 164 Å². The van der Waals surface area contributed by atoms with E-state index in [-0.39, 0.29) is 17.2 Å². The number of hydrogen-bond acceptors (Lipinski definition) is 5. The second-order valence-electron chi connectivity index (χ2n) is 6.28. The van der Waals surface area contributed by atoms with Crippen LogP contribution in [0.15, 0.2) is 36.4 Å². The summed E-state index contributed by atoms with van der Waals surface area (Å²) < 4.78 is 10.8. The summed E-state index contributed by atoms with van der Waals surface area (Å²) in [6, 6.07) is 10.5. The molecule has 2 rings (SSSR count). The second-order valence-corrected chi connectivity index (χ2v) is 6.28. The van der Waals surface area contributed by atoms with Crippen LogP contribution in [0.25, 0.3) is 0 Å². The van der Waals surface area contributed by atoms with E-state index in [0.29, 0.717) is 24.5 Å². The summed E-state index contributed by atoms with van der Waals surface area (Å²) in [6.45, 7) is 4.28. The van der Waals surface area contributed by atoms with Crippen molar-refractivity contribution in [3.8, 4) is 11.5 Å². The van der Waals surface area contributed by atoms with Gasteiger partial charge in [-0.25, -0.2) is 4.79 Å². The van der Waals surface area contributed by atoms with Crippen LogP contribution in [0.4, 0.5) is 11.4 Å². The highest BCUT2D eigenvalue weighted by Crippen LogP contribution is 2.32. The van der Waals surface area contributed by atoms with Gasteiger partial charge in [0.2, 0.25) is 5.91 Å². The first kappa shape index (κ1) is 21.1. The Bertz CT molecular complexity index is 818. The molecule has 2 aromatic carbocycles. The van der Waals surface area contributed by atoms with Crippen molar-refractivity contribution in [2.75, 3.05) is 24.4 Å². The second kappa shape index (κ2) is 10.2. The lowest BCUT2D eigenvalue weighted by atomic mass is 10.1. The zero-order valence-electron chi connectivity index (χ0n) is 16.4. The first-order valence-electron chi connectivity index (χ1n) is 9.13. The molecule has 7 nitrogen and oxygen atoms in total. The monoisotopic (exact) mass is 386 g/mol. The molecule has 0 radical (unpaired) electrons. The standard InChI is InChI=1S/C21H26N2O5/c1-4-5-10-28-20-12-19(23-14(2)24)18(11-17(20)21(25)26)22-13-15-6-8-16(27-3)9-7-15/h6-9,11-12,22H,4-5,10,13H2,1-3H3,(H,23,24)(H,25,26). The number of carbonyl (C=O) groups is 2. The number of hydrogen-bond donors (Lipinski definition) is 3. The Balaban J connectivity index is 2.29. The van der Waals surface area contributed by atoms with Crippen LogP contribution in [0, 0.1) is 0 Å². The molecule has 0 spiro atoms. The maximum absolute atomic E-state index is 11.7. The number of methoxy groups -OCH3 is 1. The number of nitrogens with one attached hydrogen (secondary N) is 2. The quantitative estimate of drug-likeness (QED) is 0.531. The third-order valence-corrected chi connectivity index (χ3v) is 4.06. The molecule has 0 fully saturated rings. The van der Waals surface area contributed by atoms with E-state index in [9.17, 15) is 14.7 Å². The Hall–Kier alpha value is -3.22. The highest BCUT2D eigenvalue weighted by Gasteiger charge is 2.17. The average molecular weight is 386 g/mol. The van der Waals surface area contributed by atoms with E-state index in [1.165, 1.54) is 13.0 Å². The topological polar surface area (TPSA) is 96.9 Å². The normalized spacial score (nSPS) is 10.2. The molecule has 0 saturated heterocycles. The van der Waals surface area contributed by atoms with E-state index in [2.05, 4.69) is 10.6 Å². The van der Waals surface area contributed by atoms with Crippen molar-refractivity contribution in [2.24, 2.45) is 0 Å². The number of carboxylic acid groups (broad SMARTS) is 1. The van der Waals surface area contributed by atoms with Crippen LogP contribution in [0.3, 0.4) is 0 Å². The molecule has 0 unspecified atom stereocenters. The largest absolute Gasteiger partial charge is 0.497 e. The molecule has 7 heteroatoms. The number of carbonyl (C=O) groups excluding carboxylic acids is 1. The SMILES string of the molecule is CCCCOc1cc(NC(C)=O)c(NCc2ccc(OC)cc2)cc1C(=O)O. The molecule has 0 saturated carbocycles. The smallest absolute Gasteiger partial charge is 0.339 e. The zero-order chi connectivity index (χ0) is 20.5. The lowest BCUT2D eigenvalue weighted by Gasteiger charge is -2.17. The summed E-state index contributed by atoms with van der Waals surface area (Å²) >= 11 is 0. The van der Waals surface area contributed by atoms with Gasteiger partial charge in [0.15, 0.2) is 0 Å². The van der Waals surface area contributed by atoms with E-state index in [1.54, 1.807) is 13.2 Å². The van der Waals surface area contributed by atoms with E-state index in [4.69, 9.17) is 9.47 Å². The van der Waals surface area contributed by atoms with Gasteiger partial charge in [0.1, 0.15) is 17.1 Å². The molecule has 0 aliphatic heterocycles. The van der Waals surface area contributed by atoms with Gasteiger partial charge >= 0.3 is 5.97 Å². The lowest BCUT2D eigenvalue weighted by molar-refractivity contribution is -0.114. The van der Waals surface area contributed by atoms with Crippen molar-refractivity contribution in [2.45, 2.75) is 33.2 Å². The van der Waals surface area contributed by atoms with E-state index in [1.807, 2.05) is 31.2 Å². The van der Waals surface area contributed by atoms with Gasteiger partial charge in [-0.1, -0.05) is 25.5 Å². The lowest BCUT2D eigenvalue weighted by Crippen LogP contribution is -2.12. The molecule has 0 atom stereocenters. The molecule has 1 amide bonds. The maximum atomic E-state index is 11.7. The maximum Gasteiger partial charge on any atom is 0.339 e. The van der Waals surface area contributed by atoms with Crippen molar-refractivity contribution in [3.05, 3.63) is 47.5 Å². The zero-order valence-corrected chi connectivity index (χ0v) is 16.4. The number of aromatic carboxylic acids is 1. The number of carboxylic acids is 1. The van der Waals surface area contributed by atoms with Gasteiger partial charge in [-0.15, -0.1) is 0 Å². The van der Waals surface area contributed by atoms with Crippen LogP contribution in [-0.4, -0.2) is 30.7 Å². The van der Waals surface area contributed by atoms with Gasteiger partial charge in [-0.3, -0.25) is 4.79 Å². The molecular weight excluding hydrogens is 360 g/mol. The third-order valence-electron chi connectivity index (χ3n) is 4.06. The predicted octanol–water partition coefficient (Wildman–Crippen LogP) is 4.14. The minimum Gasteiger partial charge on any atom is -0.497 e. The summed E-state index contributed by atoms with van der Waals surface area (Å²) in [5.74, 6) is -0.354. The van der Waals surface area contributed by atoms with Crippen LogP contribution < -0.4 is 20.1 Å². The van der Waals surface area contributed by atoms with Gasteiger partial charge < -0.3 is 25.2 Å². The molecule has 28 heavy (non-hydrogen) atoms. The fourth-order valence-electron chi connectivity index (χ4n) is 2.57. The molecule has 0 aliphatic rings. The van der Waals surface area contributed by atoms with Crippen molar-refractivity contribution in [3.63, 3.8) is 0 Å². The molecule has 150 valence electrons. The summed E-state index contributed by atoms with van der Waals surface area (Å²) in [4.78, 5) is 23.3. The van der Waals surface area contributed by atoms with Gasteiger partial charge in [-0.05, 0) is 30.2 Å². The Morgan fingerprint density at radius 1 is 1.11 bits per heavy atom. The average Bonchev–Trinajstić information content (AvgIpc) is 2.67. The first-order chi connectivity index (χ1) is 13.4. The van der Waals surface area contributed by atoms with Crippen LogP contribution in [-0.2, 0) is 11.3 Å². The minimum absolute atomic E-state index is 0.0439. The third kappa shape index (κ3) is 5.90. The van der Waals surface area contributed by atoms with Crippen LogP contribution in [0.2, 0.25) is 0 Å². The molecular formula is C21H26N2O5. The van der Waals surface area contributed by atoms with Crippen LogP contribution in [0.1, 0.15) is 42.6 Å². The Morgan fingerprint density at radius 3 is 2.39 bits per heavy atom. The molecule has 0 aliphatic carbocycles. The van der Waals surface area contributed by atoms with Crippen molar-refractivity contribution in [1.29, 1.82) is 0 Å². The number of benzene rings is 2. The minimum atomic E-state index is -1.09. The van der Waals surface area contributed by atoms with Crippen molar-refractivity contribution < 1.29 is 24.2 Å². The highest BCUT2D eigenvalue weighted by atomic mass is 16.5. The summed E-state index contributed by atoms with van der Waals surface area (Å²) in [7, 11) is 1.60. The van der Waals surface area contributed by atoms with Gasteiger partial charge in [-0.2, -0.15) is 0 Å². The molecule has 2 aromatic rings. The van der Waals surface area contributed by atoms with Crippen LogP contribution >= 0.6 is 0 Å². The first-order valence-corrected chi connectivity index (χ1v) is 9.13. The Kier molecular flexibility index (Phi) is 7.68. The van der Waals surface area contributed by atoms with E-state index in [0.717, 1.165) is 24.2 Å². The fraction of sp³-hybridized carbons (Fsp3) is 0.333. The predicted molar refractivity (Wildman–Crippen MR) is 108 cm³/mol. The summed E-state index contributed by atoms with van der Waals surface area (Å²) in [5.41, 5.74) is 2.00. The molecule has 3 N–H and O–H groups in total. The molecule has 0 aromatic heterocycles. The van der Waals surface area contributed by atoms with Gasteiger partial charge in [0.25, 0.3) is 0 Å². The van der Waals surface area contributed by atoms with Crippen molar-refractivity contribution in [1.82, 2.24) is 0 Å². The van der Waals surface area contributed by atoms with Crippen LogP contribution in [0.5, 0.6) is 11.5 Å². The van der Waals surface area contributed by atoms with E-state index < -0.39 is 5.97 Å². The number of rotatable bonds is 10. The number of ether oxygens (including phenoxy) is 2. The highest BCUT2D eigenvalue weighted by molar-refractivity contribution is 5.98. The summed E-state index contributed by atoms with van der Waals surface area (Å²) in [5, 5.41) is 15.5. The van der Waals surface area contributed by atoms with Gasteiger partial charge in [0, 0.05) is 19.5 Å². The number of amides is 1. The number of anilines is 2. The summed E-state index contributed by atoms with van der Waals surface area (Å²) in [6.07, 6.45) is 1.74. The number of unbranched alkanes of at least 4 members (excludes halogenated alkanes) is 1. The van der Waals surface area contributed by atoms with Gasteiger partial charge in [0.05, 0.1) is 25.1 Å². The molecule has 0 heterocycles. The molecule has 0 bridgehead atoms. The Morgan fingerprint density at radius 2 is 1.82 bits per heavy atom. The fourth-order valence-corrected chi connectivity index (χ4v) is 2.57.